The highest BCUT2D eigenvalue weighted by Gasteiger charge is 2.48. The highest BCUT2D eigenvalue weighted by Crippen LogP contribution is 2.46. The van der Waals surface area contributed by atoms with Crippen LogP contribution in [0.2, 0.25) is 0 Å². The van der Waals surface area contributed by atoms with Gasteiger partial charge in [0, 0.05) is 13.0 Å². The lowest BCUT2D eigenvalue weighted by Crippen LogP contribution is -2.40. The summed E-state index contributed by atoms with van der Waals surface area (Å²) in [5.41, 5.74) is -0.111. The van der Waals surface area contributed by atoms with Crippen LogP contribution in [0.4, 0.5) is 0 Å². The first-order valence-electron chi connectivity index (χ1n) is 8.95. The van der Waals surface area contributed by atoms with Crippen molar-refractivity contribution in [2.24, 2.45) is 23.7 Å². The minimum Gasteiger partial charge on any atom is -0.511 e. The molecule has 0 spiro atoms. The van der Waals surface area contributed by atoms with Crippen LogP contribution in [-0.2, 0) is 9.59 Å². The second kappa shape index (κ2) is 6.36. The van der Waals surface area contributed by atoms with Crippen molar-refractivity contribution in [3.05, 3.63) is 23.5 Å². The molecule has 0 bridgehead atoms. The molecule has 1 amide bonds. The first-order chi connectivity index (χ1) is 11.3. The van der Waals surface area contributed by atoms with Crippen molar-refractivity contribution in [2.45, 2.75) is 51.7 Å². The molecule has 0 aromatic rings. The summed E-state index contributed by atoms with van der Waals surface area (Å²) in [7, 11) is 1.51. The van der Waals surface area contributed by atoms with Gasteiger partial charge < -0.3 is 15.1 Å². The van der Waals surface area contributed by atoms with Crippen molar-refractivity contribution >= 4 is 11.7 Å². The molecule has 6 atom stereocenters. The molecule has 132 valence electrons. The number of amides is 1. The lowest BCUT2D eigenvalue weighted by atomic mass is 9.64. The van der Waals surface area contributed by atoms with Crippen LogP contribution in [0.3, 0.4) is 0 Å². The number of hydrogen-bond acceptors (Lipinski definition) is 4. The Kier molecular flexibility index (Phi) is 4.56. The van der Waals surface area contributed by atoms with Crippen LogP contribution in [0.5, 0.6) is 0 Å². The number of fused-ring (bicyclic) bond motifs is 1. The molecule has 1 aliphatic heterocycles. The lowest BCUT2D eigenvalue weighted by molar-refractivity contribution is -0.128. The number of carbonyl (C=O) groups excluding carboxylic acids is 2. The largest absolute Gasteiger partial charge is 0.511 e. The quantitative estimate of drug-likeness (QED) is 0.351. The predicted octanol–water partition coefficient (Wildman–Crippen LogP) is 2.22. The Morgan fingerprint density at radius 1 is 1.25 bits per heavy atom. The molecule has 2 aliphatic carbocycles. The minimum absolute atomic E-state index is 0.0613. The topological polar surface area (TPSA) is 77.8 Å². The Hall–Kier alpha value is -1.62. The van der Waals surface area contributed by atoms with Crippen molar-refractivity contribution < 1.29 is 19.8 Å². The number of likely N-dealkylation sites (N-methyl/N-ethyl adjacent to an activating group) is 1. The van der Waals surface area contributed by atoms with Crippen LogP contribution in [0.15, 0.2) is 23.5 Å². The third kappa shape index (κ3) is 2.59. The van der Waals surface area contributed by atoms with Crippen molar-refractivity contribution in [1.29, 1.82) is 0 Å². The van der Waals surface area contributed by atoms with Crippen LogP contribution in [0.1, 0.15) is 39.5 Å². The van der Waals surface area contributed by atoms with Gasteiger partial charge in [0.05, 0.1) is 6.10 Å². The third-order valence-electron chi connectivity index (χ3n) is 6.06. The molecule has 0 unspecified atom stereocenters. The van der Waals surface area contributed by atoms with E-state index in [4.69, 9.17) is 0 Å². The number of ketones is 1. The van der Waals surface area contributed by atoms with Crippen molar-refractivity contribution in [3.63, 3.8) is 0 Å². The van der Waals surface area contributed by atoms with Crippen LogP contribution in [0, 0.1) is 23.7 Å². The van der Waals surface area contributed by atoms with Crippen LogP contribution in [0.25, 0.3) is 0 Å². The molecule has 1 saturated carbocycles. The van der Waals surface area contributed by atoms with Gasteiger partial charge in [0.1, 0.15) is 17.4 Å². The number of Topliss-reactive ketones (excluding diaryl/α,β-unsaturated/α-hetero) is 1. The summed E-state index contributed by atoms with van der Waals surface area (Å²) < 4.78 is 0. The van der Waals surface area contributed by atoms with Gasteiger partial charge in [-0.25, -0.2) is 0 Å². The van der Waals surface area contributed by atoms with Crippen LogP contribution >= 0.6 is 0 Å². The van der Waals surface area contributed by atoms with E-state index in [1.165, 1.54) is 25.3 Å². The highest BCUT2D eigenvalue weighted by atomic mass is 16.3. The van der Waals surface area contributed by atoms with E-state index in [1.54, 1.807) is 0 Å². The maximum atomic E-state index is 12.7. The number of aliphatic hydroxyl groups excluding tert-OH is 2. The number of hydrogen-bond donors (Lipinski definition) is 2. The Bertz CT molecular complexity index is 606. The SMILES string of the molecule is C[C@H](O)[C@H]1C(=O)/C(=C(/O)[C@H]2[C@@H]3CCCC[C@H]3C=C[C@H]2C)C(=O)N1C. The van der Waals surface area contributed by atoms with E-state index in [2.05, 4.69) is 12.2 Å². The summed E-state index contributed by atoms with van der Waals surface area (Å²) >= 11 is 0. The average molecular weight is 333 g/mol. The Labute approximate surface area is 143 Å². The molecule has 24 heavy (non-hydrogen) atoms. The molecule has 0 aromatic carbocycles. The van der Waals surface area contributed by atoms with Gasteiger partial charge >= 0.3 is 0 Å². The second-order valence-electron chi connectivity index (χ2n) is 7.61. The number of rotatable bonds is 2. The van der Waals surface area contributed by atoms with E-state index in [0.717, 1.165) is 19.3 Å². The van der Waals surface area contributed by atoms with Crippen LogP contribution in [-0.4, -0.2) is 46.0 Å². The standard InChI is InChI=1S/C19H27NO4/c1-10-8-9-12-6-4-5-7-13(12)14(10)17(22)15-18(23)16(11(2)21)20(3)19(15)24/h8-14,16,21-22H,4-7H2,1-3H3/b17-15-/t10-,11+,12+,13-,14-,16+/m1/s1. The molecule has 3 aliphatic rings. The van der Waals surface area contributed by atoms with Gasteiger partial charge in [-0.1, -0.05) is 31.9 Å². The van der Waals surface area contributed by atoms with E-state index < -0.39 is 23.8 Å². The number of carbonyl (C=O) groups is 2. The molecule has 0 radical (unpaired) electrons. The van der Waals surface area contributed by atoms with E-state index >= 15 is 0 Å². The van der Waals surface area contributed by atoms with Gasteiger partial charge in [-0.3, -0.25) is 9.59 Å². The average Bonchev–Trinajstić information content (AvgIpc) is 2.76. The van der Waals surface area contributed by atoms with Crippen molar-refractivity contribution in [1.82, 2.24) is 4.90 Å². The zero-order valence-electron chi connectivity index (χ0n) is 14.6. The monoisotopic (exact) mass is 333 g/mol. The number of allylic oxidation sites excluding steroid dienone is 3. The Morgan fingerprint density at radius 2 is 1.92 bits per heavy atom. The highest BCUT2D eigenvalue weighted by molar-refractivity contribution is 6.26. The fourth-order valence-electron chi connectivity index (χ4n) is 4.83. The first-order valence-corrected chi connectivity index (χ1v) is 8.95. The maximum absolute atomic E-state index is 12.7. The molecular weight excluding hydrogens is 306 g/mol. The normalized spacial score (nSPS) is 39.8. The summed E-state index contributed by atoms with van der Waals surface area (Å²) in [6, 6.07) is -0.897. The number of nitrogens with zero attached hydrogens (tertiary/aromatic N) is 1. The summed E-state index contributed by atoms with van der Waals surface area (Å²) in [4.78, 5) is 26.4. The van der Waals surface area contributed by atoms with E-state index in [-0.39, 0.29) is 29.1 Å². The molecule has 2 N–H and O–H groups in total. The Morgan fingerprint density at radius 3 is 2.54 bits per heavy atom. The van der Waals surface area contributed by atoms with Crippen molar-refractivity contribution in [2.75, 3.05) is 7.05 Å². The molecule has 5 heteroatoms. The number of aliphatic hydroxyl groups is 2. The molecule has 5 nitrogen and oxygen atoms in total. The summed E-state index contributed by atoms with van der Waals surface area (Å²) in [6.45, 7) is 3.53. The van der Waals surface area contributed by atoms with Gasteiger partial charge in [0.2, 0.25) is 0 Å². The van der Waals surface area contributed by atoms with Gasteiger partial charge in [-0.2, -0.15) is 0 Å². The third-order valence-corrected chi connectivity index (χ3v) is 6.06. The van der Waals surface area contributed by atoms with Gasteiger partial charge in [0.25, 0.3) is 5.91 Å². The predicted molar refractivity (Wildman–Crippen MR) is 90.1 cm³/mol. The van der Waals surface area contributed by atoms with E-state index in [1.807, 2.05) is 6.92 Å². The fraction of sp³-hybridized carbons (Fsp3) is 0.684. The minimum atomic E-state index is -0.956. The molecular formula is C19H27NO4. The first kappa shape index (κ1) is 17.2. The molecule has 1 saturated heterocycles. The zero-order chi connectivity index (χ0) is 17.6. The smallest absolute Gasteiger partial charge is 0.261 e. The molecule has 2 fully saturated rings. The van der Waals surface area contributed by atoms with E-state index in [0.29, 0.717) is 5.92 Å². The van der Waals surface area contributed by atoms with Gasteiger partial charge in [0.15, 0.2) is 5.78 Å². The fourth-order valence-corrected chi connectivity index (χ4v) is 4.83. The number of likely N-dealkylation sites (tertiary alicyclic amines) is 1. The van der Waals surface area contributed by atoms with E-state index in [9.17, 15) is 19.8 Å². The van der Waals surface area contributed by atoms with Crippen LogP contribution < -0.4 is 0 Å². The van der Waals surface area contributed by atoms with Gasteiger partial charge in [-0.05, 0) is 37.5 Å². The lowest BCUT2D eigenvalue weighted by Gasteiger charge is -2.41. The summed E-state index contributed by atoms with van der Waals surface area (Å²) in [6.07, 6.45) is 7.82. The molecule has 0 aromatic heterocycles. The summed E-state index contributed by atoms with van der Waals surface area (Å²) in [5, 5.41) is 20.8. The second-order valence-corrected chi connectivity index (χ2v) is 7.61. The van der Waals surface area contributed by atoms with Gasteiger partial charge in [-0.15, -0.1) is 0 Å². The molecule has 1 heterocycles. The molecule has 3 rings (SSSR count). The zero-order valence-corrected chi connectivity index (χ0v) is 14.6. The summed E-state index contributed by atoms with van der Waals surface area (Å²) in [5.74, 6) is -0.393. The van der Waals surface area contributed by atoms with Crippen molar-refractivity contribution in [3.8, 4) is 0 Å². The maximum Gasteiger partial charge on any atom is 0.261 e. The Balaban J connectivity index is 2.01.